The molecule has 0 radical (unpaired) electrons. The predicted molar refractivity (Wildman–Crippen MR) is 130 cm³/mol. The molecule has 1 amide bonds. The van der Waals surface area contributed by atoms with Gasteiger partial charge in [0.05, 0.1) is 6.20 Å². The van der Waals surface area contributed by atoms with Crippen LogP contribution in [0.2, 0.25) is 0 Å². The Balaban J connectivity index is 1.46. The maximum atomic E-state index is 13.2. The fraction of sp³-hybridized carbons (Fsp3) is 0.231. The molecule has 1 aromatic carbocycles. The molecular formula is C26H28N6O. The molecule has 7 nitrogen and oxygen atoms in total. The molecule has 0 aliphatic heterocycles. The van der Waals surface area contributed by atoms with Gasteiger partial charge < -0.3 is 10.6 Å². The maximum absolute atomic E-state index is 13.2. The summed E-state index contributed by atoms with van der Waals surface area (Å²) in [6.45, 7) is 4.73. The van der Waals surface area contributed by atoms with Gasteiger partial charge in [0.1, 0.15) is 11.9 Å². The highest BCUT2D eigenvalue weighted by Gasteiger charge is 2.22. The average Bonchev–Trinajstić information content (AvgIpc) is 3.27. The Hall–Kier alpha value is -3.84. The van der Waals surface area contributed by atoms with Crippen molar-refractivity contribution in [1.82, 2.24) is 25.1 Å². The van der Waals surface area contributed by atoms with Gasteiger partial charge >= 0.3 is 0 Å². The first-order valence-corrected chi connectivity index (χ1v) is 11.0. The molecule has 0 fully saturated rings. The number of rotatable bonds is 8. The minimum atomic E-state index is -0.508. The van der Waals surface area contributed by atoms with Crippen LogP contribution in [0.25, 0.3) is 11.1 Å². The largest absolute Gasteiger partial charge is 0.309 e. The van der Waals surface area contributed by atoms with E-state index in [1.165, 1.54) is 0 Å². The van der Waals surface area contributed by atoms with Crippen LogP contribution in [0.3, 0.4) is 0 Å². The Morgan fingerprint density at radius 1 is 0.939 bits per heavy atom. The summed E-state index contributed by atoms with van der Waals surface area (Å²) in [5.41, 5.74) is 4.94. The van der Waals surface area contributed by atoms with E-state index in [1.54, 1.807) is 17.1 Å². The fourth-order valence-electron chi connectivity index (χ4n) is 3.60. The average molecular weight is 441 g/mol. The van der Waals surface area contributed by atoms with E-state index in [9.17, 15) is 4.79 Å². The van der Waals surface area contributed by atoms with Crippen LogP contribution in [0, 0.1) is 6.92 Å². The molecule has 0 bridgehead atoms. The second-order valence-electron chi connectivity index (χ2n) is 8.21. The lowest BCUT2D eigenvalue weighted by Gasteiger charge is -2.21. The van der Waals surface area contributed by atoms with Crippen molar-refractivity contribution in [3.63, 3.8) is 0 Å². The summed E-state index contributed by atoms with van der Waals surface area (Å²) < 4.78 is 1.74. The SMILES string of the molecule is Cc1ccc([C@H](C)CNC(C(=O)Nc2ccc(-c3cnn(C)c3)cn2)c2ccccc2)cn1. The Morgan fingerprint density at radius 2 is 1.76 bits per heavy atom. The number of aromatic nitrogens is 4. The van der Waals surface area contributed by atoms with E-state index in [4.69, 9.17) is 0 Å². The van der Waals surface area contributed by atoms with Crippen molar-refractivity contribution < 1.29 is 4.79 Å². The van der Waals surface area contributed by atoms with E-state index in [0.29, 0.717) is 12.4 Å². The molecule has 4 rings (SSSR count). The van der Waals surface area contributed by atoms with Gasteiger partial charge in [-0.05, 0) is 42.2 Å². The molecule has 0 saturated carbocycles. The zero-order valence-electron chi connectivity index (χ0n) is 19.1. The zero-order valence-corrected chi connectivity index (χ0v) is 19.1. The fourth-order valence-corrected chi connectivity index (χ4v) is 3.60. The molecule has 3 heterocycles. The first kappa shape index (κ1) is 22.4. The topological polar surface area (TPSA) is 84.7 Å². The van der Waals surface area contributed by atoms with Gasteiger partial charge in [-0.15, -0.1) is 0 Å². The lowest BCUT2D eigenvalue weighted by Crippen LogP contribution is -2.35. The molecule has 3 aromatic heterocycles. The highest BCUT2D eigenvalue weighted by Crippen LogP contribution is 2.21. The molecule has 7 heteroatoms. The molecule has 0 saturated heterocycles. The zero-order chi connectivity index (χ0) is 23.2. The standard InChI is InChI=1S/C26H28N6O/c1-18(21-10-9-19(2)27-14-21)13-29-25(20-7-5-4-6-8-20)26(33)31-24-12-11-22(15-28-24)23-16-30-32(3)17-23/h4-12,14-18,25,29H,13H2,1-3H3,(H,28,31,33)/t18-,25?/m1/s1. The van der Waals surface area contributed by atoms with Crippen molar-refractivity contribution in [3.05, 3.63) is 96.2 Å². The van der Waals surface area contributed by atoms with E-state index in [2.05, 4.69) is 38.7 Å². The molecule has 2 atom stereocenters. The van der Waals surface area contributed by atoms with Crippen molar-refractivity contribution in [1.29, 1.82) is 0 Å². The molecule has 0 spiro atoms. The maximum Gasteiger partial charge on any atom is 0.247 e. The van der Waals surface area contributed by atoms with Crippen molar-refractivity contribution >= 4 is 11.7 Å². The third kappa shape index (κ3) is 5.70. The second-order valence-corrected chi connectivity index (χ2v) is 8.21. The lowest BCUT2D eigenvalue weighted by atomic mass is 10.0. The molecule has 0 aliphatic carbocycles. The van der Waals surface area contributed by atoms with E-state index in [-0.39, 0.29) is 11.8 Å². The number of pyridine rings is 2. The normalized spacial score (nSPS) is 12.8. The highest BCUT2D eigenvalue weighted by molar-refractivity contribution is 5.95. The van der Waals surface area contributed by atoms with E-state index in [0.717, 1.165) is 27.9 Å². The number of aryl methyl sites for hydroxylation is 2. The minimum Gasteiger partial charge on any atom is -0.309 e. The van der Waals surface area contributed by atoms with E-state index in [1.807, 2.05) is 74.9 Å². The number of hydrogen-bond donors (Lipinski definition) is 2. The van der Waals surface area contributed by atoms with Crippen LogP contribution in [-0.4, -0.2) is 32.2 Å². The van der Waals surface area contributed by atoms with Gasteiger partial charge in [0.2, 0.25) is 5.91 Å². The summed E-state index contributed by atoms with van der Waals surface area (Å²) in [7, 11) is 1.87. The first-order valence-electron chi connectivity index (χ1n) is 11.0. The van der Waals surface area contributed by atoms with Crippen LogP contribution >= 0.6 is 0 Å². The number of benzene rings is 1. The first-order chi connectivity index (χ1) is 16.0. The van der Waals surface area contributed by atoms with Gasteiger partial charge in [0.15, 0.2) is 0 Å². The molecule has 2 N–H and O–H groups in total. The molecule has 1 unspecified atom stereocenters. The molecule has 4 aromatic rings. The molecule has 0 aliphatic rings. The Morgan fingerprint density at radius 3 is 2.39 bits per heavy atom. The van der Waals surface area contributed by atoms with Gasteiger partial charge in [-0.3, -0.25) is 14.5 Å². The van der Waals surface area contributed by atoms with Crippen LogP contribution in [0.15, 0.2) is 79.4 Å². The molecule has 33 heavy (non-hydrogen) atoms. The van der Waals surface area contributed by atoms with Gasteiger partial charge in [-0.25, -0.2) is 4.98 Å². The number of hydrogen-bond acceptors (Lipinski definition) is 5. The second kappa shape index (κ2) is 10.2. The van der Waals surface area contributed by atoms with Gasteiger partial charge in [-0.1, -0.05) is 43.3 Å². The van der Waals surface area contributed by atoms with Crippen molar-refractivity contribution in [2.24, 2.45) is 7.05 Å². The summed E-state index contributed by atoms with van der Waals surface area (Å²) in [5, 5.41) is 10.6. The van der Waals surface area contributed by atoms with Crippen LogP contribution in [0.1, 0.15) is 35.7 Å². The summed E-state index contributed by atoms with van der Waals surface area (Å²) in [4.78, 5) is 22.0. The van der Waals surface area contributed by atoms with Gasteiger partial charge in [0, 0.05) is 49.0 Å². The Bertz CT molecular complexity index is 1190. The number of nitrogens with one attached hydrogen (secondary N) is 2. The smallest absolute Gasteiger partial charge is 0.247 e. The summed E-state index contributed by atoms with van der Waals surface area (Å²) in [6, 6.07) is 17.0. The Labute approximate surface area is 193 Å². The van der Waals surface area contributed by atoms with Crippen molar-refractivity contribution in [3.8, 4) is 11.1 Å². The minimum absolute atomic E-state index is 0.156. The third-order valence-corrected chi connectivity index (χ3v) is 5.58. The summed E-state index contributed by atoms with van der Waals surface area (Å²) >= 11 is 0. The molecular weight excluding hydrogens is 412 g/mol. The van der Waals surface area contributed by atoms with Gasteiger partial charge in [-0.2, -0.15) is 5.10 Å². The number of amides is 1. The Kier molecular flexibility index (Phi) is 6.90. The summed E-state index contributed by atoms with van der Waals surface area (Å²) in [5.74, 6) is 0.553. The third-order valence-electron chi connectivity index (χ3n) is 5.58. The van der Waals surface area contributed by atoms with Crippen LogP contribution in [0.5, 0.6) is 0 Å². The summed E-state index contributed by atoms with van der Waals surface area (Å²) in [6.07, 6.45) is 7.35. The van der Waals surface area contributed by atoms with Crippen LogP contribution in [-0.2, 0) is 11.8 Å². The van der Waals surface area contributed by atoms with Crippen LogP contribution < -0.4 is 10.6 Å². The van der Waals surface area contributed by atoms with Crippen molar-refractivity contribution in [2.45, 2.75) is 25.8 Å². The van der Waals surface area contributed by atoms with E-state index < -0.39 is 6.04 Å². The van der Waals surface area contributed by atoms with Crippen molar-refractivity contribution in [2.75, 3.05) is 11.9 Å². The quantitative estimate of drug-likeness (QED) is 0.428. The number of carbonyl (C=O) groups excluding carboxylic acids is 1. The molecule has 168 valence electrons. The van der Waals surface area contributed by atoms with Gasteiger partial charge in [0.25, 0.3) is 0 Å². The lowest BCUT2D eigenvalue weighted by molar-refractivity contribution is -0.118. The highest BCUT2D eigenvalue weighted by atomic mass is 16.2. The monoisotopic (exact) mass is 440 g/mol. The number of anilines is 1. The number of nitrogens with zero attached hydrogens (tertiary/aromatic N) is 4. The predicted octanol–water partition coefficient (Wildman–Crippen LogP) is 4.26. The van der Waals surface area contributed by atoms with E-state index >= 15 is 0 Å². The van der Waals surface area contributed by atoms with Crippen LogP contribution in [0.4, 0.5) is 5.82 Å². The number of carbonyl (C=O) groups is 1.